The molecule has 0 fully saturated rings. The van der Waals surface area contributed by atoms with Crippen molar-refractivity contribution in [3.8, 4) is 11.5 Å². The Balaban J connectivity index is 1.91. The van der Waals surface area contributed by atoms with Gasteiger partial charge >= 0.3 is 7.12 Å². The first-order valence-corrected chi connectivity index (χ1v) is 5.11. The summed E-state index contributed by atoms with van der Waals surface area (Å²) >= 11 is 0. The van der Waals surface area contributed by atoms with E-state index < -0.39 is 18.8 Å². The van der Waals surface area contributed by atoms with Gasteiger partial charge in [0.15, 0.2) is 11.6 Å². The number of halogens is 2. The number of rotatable bonds is 1. The molecule has 17 heavy (non-hydrogen) atoms. The third-order valence-corrected chi connectivity index (χ3v) is 2.53. The van der Waals surface area contributed by atoms with Crippen molar-refractivity contribution >= 4 is 12.6 Å². The van der Waals surface area contributed by atoms with Gasteiger partial charge < -0.3 is 9.31 Å². The van der Waals surface area contributed by atoms with Gasteiger partial charge in [-0.05, 0) is 24.3 Å². The van der Waals surface area contributed by atoms with E-state index in [1.165, 1.54) is 6.07 Å². The molecule has 1 heterocycles. The van der Waals surface area contributed by atoms with Gasteiger partial charge in [-0.15, -0.1) is 0 Å². The molecule has 0 saturated carbocycles. The van der Waals surface area contributed by atoms with Crippen molar-refractivity contribution in [1.82, 2.24) is 0 Å². The lowest BCUT2D eigenvalue weighted by Crippen LogP contribution is -2.39. The molecule has 3 rings (SSSR count). The zero-order valence-electron chi connectivity index (χ0n) is 8.69. The first kappa shape index (κ1) is 10.1. The number of para-hydroxylation sites is 2. The Morgan fingerprint density at radius 3 is 2.06 bits per heavy atom. The molecule has 1 aliphatic rings. The molecule has 0 atom stereocenters. The van der Waals surface area contributed by atoms with Crippen LogP contribution in [0.15, 0.2) is 42.5 Å². The summed E-state index contributed by atoms with van der Waals surface area (Å²) in [6.45, 7) is 0. The maximum atomic E-state index is 13.1. The predicted octanol–water partition coefficient (Wildman–Crippen LogP) is 2.13. The SMILES string of the molecule is Fc1ccc(B2Oc3ccccc3O2)cc1F. The van der Waals surface area contributed by atoms with E-state index in [9.17, 15) is 8.78 Å². The molecule has 0 spiro atoms. The fourth-order valence-corrected chi connectivity index (χ4v) is 1.69. The van der Waals surface area contributed by atoms with E-state index in [-0.39, 0.29) is 0 Å². The van der Waals surface area contributed by atoms with Crippen molar-refractivity contribution in [1.29, 1.82) is 0 Å². The molecule has 0 unspecified atom stereocenters. The van der Waals surface area contributed by atoms with Crippen LogP contribution in [0.25, 0.3) is 0 Å². The molecule has 2 nitrogen and oxygen atoms in total. The summed E-state index contributed by atoms with van der Waals surface area (Å²) in [5.41, 5.74) is 0.445. The molecule has 0 saturated heterocycles. The molecule has 84 valence electrons. The Bertz CT molecular complexity index is 549. The first-order valence-electron chi connectivity index (χ1n) is 5.11. The molecular formula is C12H7BF2O2. The monoisotopic (exact) mass is 232 g/mol. The average Bonchev–Trinajstić information content (AvgIpc) is 2.76. The number of hydrogen-bond donors (Lipinski definition) is 0. The van der Waals surface area contributed by atoms with Crippen molar-refractivity contribution in [2.75, 3.05) is 0 Å². The molecule has 0 N–H and O–H groups in total. The van der Waals surface area contributed by atoms with Gasteiger partial charge in [-0.3, -0.25) is 0 Å². The number of hydrogen-bond acceptors (Lipinski definition) is 2. The van der Waals surface area contributed by atoms with E-state index in [2.05, 4.69) is 0 Å². The maximum absolute atomic E-state index is 13.1. The minimum atomic E-state index is -0.911. The first-order chi connectivity index (χ1) is 8.24. The third-order valence-electron chi connectivity index (χ3n) is 2.53. The quantitative estimate of drug-likeness (QED) is 0.701. The van der Waals surface area contributed by atoms with Gasteiger partial charge in [-0.2, -0.15) is 0 Å². The number of fused-ring (bicyclic) bond motifs is 1. The summed E-state index contributed by atoms with van der Waals surface area (Å²) < 4.78 is 36.8. The third kappa shape index (κ3) is 1.73. The average molecular weight is 232 g/mol. The van der Waals surface area contributed by atoms with E-state index >= 15 is 0 Å². The van der Waals surface area contributed by atoms with Crippen LogP contribution < -0.4 is 14.8 Å². The molecule has 0 radical (unpaired) electrons. The Labute approximate surface area is 96.9 Å². The number of benzene rings is 2. The van der Waals surface area contributed by atoms with E-state index in [4.69, 9.17) is 9.31 Å². The minimum absolute atomic E-state index is 0.445. The normalized spacial score (nSPS) is 12.9. The van der Waals surface area contributed by atoms with Crippen LogP contribution in [0.1, 0.15) is 0 Å². The summed E-state index contributed by atoms with van der Waals surface area (Å²) in [6, 6.07) is 10.7. The molecule has 1 aliphatic heterocycles. The molecule has 0 aromatic heterocycles. The second-order valence-electron chi connectivity index (χ2n) is 3.69. The zero-order valence-corrected chi connectivity index (χ0v) is 8.69. The molecule has 0 aliphatic carbocycles. The van der Waals surface area contributed by atoms with Crippen LogP contribution in [0.2, 0.25) is 0 Å². The highest BCUT2D eigenvalue weighted by Crippen LogP contribution is 2.32. The second-order valence-corrected chi connectivity index (χ2v) is 3.69. The van der Waals surface area contributed by atoms with Gasteiger partial charge in [0.1, 0.15) is 11.5 Å². The van der Waals surface area contributed by atoms with Crippen LogP contribution in [-0.2, 0) is 0 Å². The van der Waals surface area contributed by atoms with Gasteiger partial charge in [0.25, 0.3) is 0 Å². The lowest BCUT2D eigenvalue weighted by atomic mass is 9.79. The minimum Gasteiger partial charge on any atom is -0.519 e. The summed E-state index contributed by atoms with van der Waals surface area (Å²) in [6.07, 6.45) is 0. The lowest BCUT2D eigenvalue weighted by molar-refractivity contribution is 0.503. The molecule has 0 bridgehead atoms. The summed E-state index contributed by atoms with van der Waals surface area (Å²) in [4.78, 5) is 0. The highest BCUT2D eigenvalue weighted by atomic mass is 19.2. The van der Waals surface area contributed by atoms with Crippen LogP contribution in [0.3, 0.4) is 0 Å². The van der Waals surface area contributed by atoms with Gasteiger partial charge in [0, 0.05) is 5.46 Å². The van der Waals surface area contributed by atoms with Crippen molar-refractivity contribution in [2.45, 2.75) is 0 Å². The molecular weight excluding hydrogens is 225 g/mol. The van der Waals surface area contributed by atoms with Gasteiger partial charge in [0.2, 0.25) is 0 Å². The van der Waals surface area contributed by atoms with E-state index in [1.54, 1.807) is 12.1 Å². The van der Waals surface area contributed by atoms with Gasteiger partial charge in [0.05, 0.1) is 0 Å². The van der Waals surface area contributed by atoms with Crippen LogP contribution in [-0.4, -0.2) is 7.12 Å². The summed E-state index contributed by atoms with van der Waals surface area (Å²) in [7, 11) is -0.720. The molecule has 2 aromatic rings. The smallest absolute Gasteiger partial charge is 0.519 e. The Hall–Kier alpha value is -2.04. The summed E-state index contributed by atoms with van der Waals surface area (Å²) in [5, 5.41) is 0. The topological polar surface area (TPSA) is 18.5 Å². The molecule has 2 aromatic carbocycles. The molecule has 5 heteroatoms. The van der Waals surface area contributed by atoms with Crippen LogP contribution in [0.5, 0.6) is 11.5 Å². The molecule has 0 amide bonds. The van der Waals surface area contributed by atoms with Crippen LogP contribution in [0, 0.1) is 11.6 Å². The van der Waals surface area contributed by atoms with Gasteiger partial charge in [-0.25, -0.2) is 8.78 Å². The Kier molecular flexibility index (Phi) is 2.25. The highest BCUT2D eigenvalue weighted by molar-refractivity contribution is 6.63. The standard InChI is InChI=1S/C12H7BF2O2/c14-9-6-5-8(7-10(9)15)13-16-11-3-1-2-4-12(11)17-13/h1-7H. The zero-order chi connectivity index (χ0) is 11.8. The fraction of sp³-hybridized carbons (Fsp3) is 0. The fourth-order valence-electron chi connectivity index (χ4n) is 1.69. The Morgan fingerprint density at radius 1 is 0.824 bits per heavy atom. The second kappa shape index (κ2) is 3.77. The predicted molar refractivity (Wildman–Crippen MR) is 59.4 cm³/mol. The van der Waals surface area contributed by atoms with Crippen molar-refractivity contribution in [3.05, 3.63) is 54.1 Å². The maximum Gasteiger partial charge on any atom is 0.632 e. The largest absolute Gasteiger partial charge is 0.632 e. The van der Waals surface area contributed by atoms with Crippen molar-refractivity contribution < 1.29 is 18.1 Å². The van der Waals surface area contributed by atoms with E-state index in [0.29, 0.717) is 17.0 Å². The Morgan fingerprint density at radius 2 is 1.47 bits per heavy atom. The van der Waals surface area contributed by atoms with Crippen molar-refractivity contribution in [3.63, 3.8) is 0 Å². The van der Waals surface area contributed by atoms with Gasteiger partial charge in [-0.1, -0.05) is 18.2 Å². The van der Waals surface area contributed by atoms with Crippen molar-refractivity contribution in [2.24, 2.45) is 0 Å². The lowest BCUT2D eigenvalue weighted by Gasteiger charge is -2.04. The van der Waals surface area contributed by atoms with Crippen LogP contribution >= 0.6 is 0 Å². The summed E-state index contributed by atoms with van der Waals surface area (Å²) in [5.74, 6) is -0.598. The van der Waals surface area contributed by atoms with E-state index in [1.807, 2.05) is 12.1 Å². The highest BCUT2D eigenvalue weighted by Gasteiger charge is 2.34. The van der Waals surface area contributed by atoms with E-state index in [0.717, 1.165) is 12.1 Å². The van der Waals surface area contributed by atoms with Crippen LogP contribution in [0.4, 0.5) is 8.78 Å².